The van der Waals surface area contributed by atoms with E-state index in [-0.39, 0.29) is 17.7 Å². The maximum absolute atomic E-state index is 14.5. The van der Waals surface area contributed by atoms with Crippen LogP contribution in [0, 0.1) is 19.8 Å². The molecule has 8 nitrogen and oxygen atoms in total. The number of methoxy groups -OCH3 is 1. The van der Waals surface area contributed by atoms with E-state index in [9.17, 15) is 14.4 Å². The fraction of sp³-hybridized carbons (Fsp3) is 0.559. The lowest BCUT2D eigenvalue weighted by Crippen LogP contribution is -2.53. The monoisotopic (exact) mass is 581 g/mol. The topological polar surface area (TPSA) is 97.0 Å². The highest BCUT2D eigenvalue weighted by atomic mass is 16.6. The molecule has 8 heteroatoms. The normalized spacial score (nSPS) is 12.8. The summed E-state index contributed by atoms with van der Waals surface area (Å²) >= 11 is 0. The molecule has 0 bridgehead atoms. The Balaban J connectivity index is 2.59. The van der Waals surface area contributed by atoms with Crippen molar-refractivity contribution in [3.63, 3.8) is 0 Å². The molecule has 232 valence electrons. The lowest BCUT2D eigenvalue weighted by molar-refractivity contribution is -0.141. The molecule has 42 heavy (non-hydrogen) atoms. The maximum atomic E-state index is 14.5. The van der Waals surface area contributed by atoms with Gasteiger partial charge in [0.15, 0.2) is 0 Å². The first-order chi connectivity index (χ1) is 19.7. The molecule has 2 atom stereocenters. The van der Waals surface area contributed by atoms with E-state index < -0.39 is 23.8 Å². The van der Waals surface area contributed by atoms with Crippen molar-refractivity contribution in [3.05, 3.63) is 59.2 Å². The van der Waals surface area contributed by atoms with Gasteiger partial charge in [0.25, 0.3) is 5.91 Å². The summed E-state index contributed by atoms with van der Waals surface area (Å²) in [6, 6.07) is 11.3. The molecule has 2 rings (SSSR count). The summed E-state index contributed by atoms with van der Waals surface area (Å²) in [5.74, 6) is 0.166. The third-order valence-electron chi connectivity index (χ3n) is 6.88. The van der Waals surface area contributed by atoms with Gasteiger partial charge < -0.3 is 25.0 Å². The number of aryl methyl sites for hydroxylation is 2. The fourth-order valence-corrected chi connectivity index (χ4v) is 4.81. The first-order valence-electron chi connectivity index (χ1n) is 15.1. The van der Waals surface area contributed by atoms with Crippen LogP contribution in [0.25, 0.3) is 0 Å². The highest BCUT2D eigenvalue weighted by molar-refractivity contribution is 5.99. The number of anilines is 1. The summed E-state index contributed by atoms with van der Waals surface area (Å²) in [4.78, 5) is 43.1. The molecule has 0 saturated carbocycles. The van der Waals surface area contributed by atoms with Gasteiger partial charge in [0.2, 0.25) is 5.91 Å². The van der Waals surface area contributed by atoms with Crippen LogP contribution in [0.15, 0.2) is 42.5 Å². The van der Waals surface area contributed by atoms with E-state index >= 15 is 0 Å². The minimum absolute atomic E-state index is 0.114. The lowest BCUT2D eigenvalue weighted by atomic mass is 9.94. The Bertz CT molecular complexity index is 1170. The zero-order chi connectivity index (χ0) is 31.4. The largest absolute Gasteiger partial charge is 0.497 e. The first kappa shape index (κ1) is 34.7. The summed E-state index contributed by atoms with van der Waals surface area (Å²) < 4.78 is 10.8. The quantitative estimate of drug-likeness (QED) is 0.228. The Labute approximate surface area is 252 Å². The minimum atomic E-state index is -0.906. The molecule has 0 aliphatic heterocycles. The van der Waals surface area contributed by atoms with Gasteiger partial charge in [-0.3, -0.25) is 9.59 Å². The Kier molecular flexibility index (Phi) is 13.4. The second kappa shape index (κ2) is 16.2. The SMILES string of the molecule is CCCCCCN(C(=O)C(CC(C)C)NC(=O)OC(C)(C)C)C(C(=O)Nc1ccc(OC)cc1)c1cc(C)ccc1C. The number of carbonyl (C=O) groups excluding carboxylic acids is 3. The van der Waals surface area contributed by atoms with Crippen molar-refractivity contribution in [2.45, 2.75) is 105 Å². The van der Waals surface area contributed by atoms with Gasteiger partial charge in [0.05, 0.1) is 7.11 Å². The lowest BCUT2D eigenvalue weighted by Gasteiger charge is -2.35. The van der Waals surface area contributed by atoms with Crippen LogP contribution in [0.5, 0.6) is 5.75 Å². The number of rotatable bonds is 14. The molecule has 3 amide bonds. The molecule has 2 aromatic carbocycles. The van der Waals surface area contributed by atoms with Crippen LogP contribution in [-0.4, -0.2) is 48.1 Å². The van der Waals surface area contributed by atoms with Gasteiger partial charge in [-0.1, -0.05) is 63.8 Å². The molecule has 0 spiro atoms. The fourth-order valence-electron chi connectivity index (χ4n) is 4.81. The smallest absolute Gasteiger partial charge is 0.408 e. The Morgan fingerprint density at radius 2 is 1.62 bits per heavy atom. The predicted octanol–water partition coefficient (Wildman–Crippen LogP) is 7.34. The van der Waals surface area contributed by atoms with Gasteiger partial charge in [-0.15, -0.1) is 0 Å². The number of benzene rings is 2. The van der Waals surface area contributed by atoms with Crippen molar-refractivity contribution in [2.75, 3.05) is 19.0 Å². The average Bonchev–Trinajstić information content (AvgIpc) is 2.90. The van der Waals surface area contributed by atoms with E-state index in [1.807, 2.05) is 45.9 Å². The second-order valence-electron chi connectivity index (χ2n) is 12.4. The first-order valence-corrected chi connectivity index (χ1v) is 15.1. The molecule has 2 unspecified atom stereocenters. The molecule has 0 saturated heterocycles. The number of ether oxygens (including phenoxy) is 2. The third-order valence-corrected chi connectivity index (χ3v) is 6.88. The predicted molar refractivity (Wildman–Crippen MR) is 169 cm³/mol. The molecule has 0 aromatic heterocycles. The van der Waals surface area contributed by atoms with E-state index in [0.717, 1.165) is 42.4 Å². The number of alkyl carbamates (subject to hydrolysis) is 1. The van der Waals surface area contributed by atoms with E-state index in [1.54, 1.807) is 57.0 Å². The summed E-state index contributed by atoms with van der Waals surface area (Å²) in [5.41, 5.74) is 2.53. The molecule has 0 fully saturated rings. The highest BCUT2D eigenvalue weighted by Crippen LogP contribution is 2.29. The summed E-state index contributed by atoms with van der Waals surface area (Å²) in [7, 11) is 1.59. The number of nitrogens with zero attached hydrogens (tertiary/aromatic N) is 1. The Hall–Kier alpha value is -3.55. The Morgan fingerprint density at radius 3 is 2.19 bits per heavy atom. The van der Waals surface area contributed by atoms with E-state index in [2.05, 4.69) is 17.6 Å². The number of hydrogen-bond acceptors (Lipinski definition) is 5. The number of unbranched alkanes of at least 4 members (excludes halogenated alkanes) is 3. The van der Waals surface area contributed by atoms with Crippen molar-refractivity contribution in [2.24, 2.45) is 5.92 Å². The van der Waals surface area contributed by atoms with Crippen LogP contribution in [0.3, 0.4) is 0 Å². The van der Waals surface area contributed by atoms with Gasteiger partial charge in [-0.2, -0.15) is 0 Å². The minimum Gasteiger partial charge on any atom is -0.497 e. The zero-order valence-electron chi connectivity index (χ0n) is 27.0. The molecule has 0 heterocycles. The number of carbonyl (C=O) groups is 3. The summed E-state index contributed by atoms with van der Waals surface area (Å²) in [6.45, 7) is 15.8. The maximum Gasteiger partial charge on any atom is 0.408 e. The molecule has 0 aliphatic rings. The number of hydrogen-bond donors (Lipinski definition) is 2. The van der Waals surface area contributed by atoms with Crippen LogP contribution in [0.4, 0.5) is 10.5 Å². The van der Waals surface area contributed by atoms with Crippen molar-refractivity contribution in [1.82, 2.24) is 10.2 Å². The second-order valence-corrected chi connectivity index (χ2v) is 12.4. The molecule has 2 aromatic rings. The average molecular weight is 582 g/mol. The van der Waals surface area contributed by atoms with Gasteiger partial charge in [-0.25, -0.2) is 4.79 Å². The van der Waals surface area contributed by atoms with E-state index in [4.69, 9.17) is 9.47 Å². The van der Waals surface area contributed by atoms with Crippen LogP contribution in [-0.2, 0) is 14.3 Å². The summed E-state index contributed by atoms with van der Waals surface area (Å²) in [5, 5.41) is 5.85. The molecule has 0 aliphatic carbocycles. The number of nitrogens with one attached hydrogen (secondary N) is 2. The Morgan fingerprint density at radius 1 is 0.952 bits per heavy atom. The number of amides is 3. The van der Waals surface area contributed by atoms with Gasteiger partial charge >= 0.3 is 6.09 Å². The van der Waals surface area contributed by atoms with Crippen LogP contribution in [0.1, 0.15) is 96.4 Å². The van der Waals surface area contributed by atoms with Crippen LogP contribution in [0.2, 0.25) is 0 Å². The zero-order valence-corrected chi connectivity index (χ0v) is 27.0. The van der Waals surface area contributed by atoms with E-state index in [1.165, 1.54) is 0 Å². The van der Waals surface area contributed by atoms with Gasteiger partial charge in [0.1, 0.15) is 23.4 Å². The molecular formula is C34H51N3O5. The summed E-state index contributed by atoms with van der Waals surface area (Å²) in [6.07, 6.45) is 3.48. The van der Waals surface area contributed by atoms with Crippen molar-refractivity contribution in [3.8, 4) is 5.75 Å². The van der Waals surface area contributed by atoms with Gasteiger partial charge in [-0.05, 0) is 88.8 Å². The van der Waals surface area contributed by atoms with Crippen LogP contribution >= 0.6 is 0 Å². The van der Waals surface area contributed by atoms with Gasteiger partial charge in [0, 0.05) is 12.2 Å². The van der Waals surface area contributed by atoms with Crippen molar-refractivity contribution >= 4 is 23.6 Å². The highest BCUT2D eigenvalue weighted by Gasteiger charge is 2.37. The molecule has 0 radical (unpaired) electrons. The standard InChI is InChI=1S/C34H51N3O5/c1-10-11-12-13-20-37(32(39)29(21-23(2)3)36-33(40)42-34(6,7)8)30(28-22-24(4)14-15-25(28)5)31(38)35-26-16-18-27(41-9)19-17-26/h14-19,22-23,29-30H,10-13,20-21H2,1-9H3,(H,35,38)(H,36,40). The molecular weight excluding hydrogens is 530 g/mol. The molecule has 2 N–H and O–H groups in total. The van der Waals surface area contributed by atoms with E-state index in [0.29, 0.717) is 24.4 Å². The van der Waals surface area contributed by atoms with Crippen molar-refractivity contribution < 1.29 is 23.9 Å². The van der Waals surface area contributed by atoms with Crippen LogP contribution < -0.4 is 15.4 Å². The third kappa shape index (κ3) is 11.0. The van der Waals surface area contributed by atoms with Crippen molar-refractivity contribution in [1.29, 1.82) is 0 Å².